The van der Waals surface area contributed by atoms with Crippen LogP contribution in [0.1, 0.15) is 17.9 Å². The van der Waals surface area contributed by atoms with E-state index in [1.54, 1.807) is 0 Å². The van der Waals surface area contributed by atoms with Gasteiger partial charge in [0.05, 0.1) is 33.6 Å². The van der Waals surface area contributed by atoms with Crippen LogP contribution in [0.3, 0.4) is 0 Å². The number of hydrogen-bond donors (Lipinski definition) is 0. The molecular weight excluding hydrogens is 1020 g/mol. The van der Waals surface area contributed by atoms with E-state index in [1.807, 2.05) is 0 Å². The van der Waals surface area contributed by atoms with Crippen molar-refractivity contribution in [2.45, 2.75) is 18.4 Å². The predicted octanol–water partition coefficient (Wildman–Crippen LogP) is 18.1. The van der Waals surface area contributed by atoms with Crippen LogP contribution in [0.5, 0.6) is 0 Å². The van der Waals surface area contributed by atoms with Crippen molar-refractivity contribution in [1.82, 2.24) is 18.7 Å². The van der Waals surface area contributed by atoms with E-state index in [4.69, 9.17) is 4.98 Å². The number of benzene rings is 11. The zero-order chi connectivity index (χ0) is 55.2. The fourth-order valence-electron chi connectivity index (χ4n) is 14.0. The van der Waals surface area contributed by atoms with Crippen molar-refractivity contribution in [1.29, 1.82) is 0 Å². The Hall–Kier alpha value is -10.8. The fraction of sp³-hybridized carbons (Fsp3) is 0.0506. The largest absolute Gasteiger partial charge is 0.333 e. The summed E-state index contributed by atoms with van der Waals surface area (Å²) in [5, 5.41) is 6.25. The second kappa shape index (κ2) is 19.5. The lowest BCUT2D eigenvalue weighted by Crippen LogP contribution is -2.33. The van der Waals surface area contributed by atoms with Gasteiger partial charge < -0.3 is 14.0 Å². The van der Waals surface area contributed by atoms with Gasteiger partial charge in [0.25, 0.3) is 0 Å². The number of anilines is 2. The lowest BCUT2D eigenvalue weighted by molar-refractivity contribution is 0.717. The lowest BCUT2D eigenvalue weighted by atomic mass is 9.81. The normalized spacial score (nSPS) is 16.1. The molecule has 0 saturated carbocycles. The molecule has 396 valence electrons. The van der Waals surface area contributed by atoms with Crippen LogP contribution in [0.15, 0.2) is 297 Å². The Labute approximate surface area is 487 Å². The van der Waals surface area contributed by atoms with Crippen molar-refractivity contribution in [2.24, 2.45) is 5.92 Å². The zero-order valence-corrected chi connectivity index (χ0v) is 46.0. The fourth-order valence-corrected chi connectivity index (χ4v) is 14.0. The highest BCUT2D eigenvalue weighted by molar-refractivity contribution is 6.12. The summed E-state index contributed by atoms with van der Waals surface area (Å²) >= 11 is 0. The number of aromatic nitrogens is 4. The second-order valence-corrected chi connectivity index (χ2v) is 22.6. The van der Waals surface area contributed by atoms with Gasteiger partial charge in [0.15, 0.2) is 0 Å². The molecule has 3 unspecified atom stereocenters. The Bertz CT molecular complexity index is 5090. The van der Waals surface area contributed by atoms with Crippen LogP contribution in [0, 0.1) is 5.92 Å². The minimum atomic E-state index is 0.0835. The lowest BCUT2D eigenvalue weighted by Gasteiger charge is -2.31. The van der Waals surface area contributed by atoms with Crippen molar-refractivity contribution >= 4 is 67.3 Å². The van der Waals surface area contributed by atoms with Crippen LogP contribution in [0.2, 0.25) is 0 Å². The molecule has 0 bridgehead atoms. The number of para-hydroxylation sites is 4. The standard InChI is InChI=1S/C79H55N5/c1-6-18-52(19-7-1)56-32-40-72-65(46-56)67-49-59(35-43-73(67)82(72)63-37-30-55(31-38-63)79-80-71-28-16-17-29-78(71)84(79)62-26-14-5-15-27-62)60-36-44-76-68(50-60)66-47-57(53-20-8-2-9-21-53)34-42-75(66)83(76)64-39-45-77-70(51-64)69-48-58(54-22-10-3-11-23-54)33-41-74(69)81(77)61-24-12-4-13-25-61/h1-34,36-51,59,68,76H,35H2. The Morgan fingerprint density at radius 3 is 1.55 bits per heavy atom. The van der Waals surface area contributed by atoms with E-state index < -0.39 is 0 Å². The van der Waals surface area contributed by atoms with E-state index in [9.17, 15) is 0 Å². The van der Waals surface area contributed by atoms with Crippen LogP contribution in [0.4, 0.5) is 11.4 Å². The van der Waals surface area contributed by atoms with Gasteiger partial charge in [-0.3, -0.25) is 4.57 Å². The highest BCUT2D eigenvalue weighted by Gasteiger charge is 2.39. The van der Waals surface area contributed by atoms with Gasteiger partial charge in [-0.25, -0.2) is 4.98 Å². The van der Waals surface area contributed by atoms with Gasteiger partial charge in [-0.2, -0.15) is 0 Å². The van der Waals surface area contributed by atoms with Gasteiger partial charge in [-0.05, 0) is 166 Å². The molecule has 3 aliphatic rings. The average molecular weight is 1070 g/mol. The number of nitrogens with zero attached hydrogens (tertiary/aromatic N) is 5. The van der Waals surface area contributed by atoms with Gasteiger partial charge in [0.1, 0.15) is 5.82 Å². The summed E-state index contributed by atoms with van der Waals surface area (Å²) in [6.45, 7) is 0. The Morgan fingerprint density at radius 1 is 0.369 bits per heavy atom. The summed E-state index contributed by atoms with van der Waals surface area (Å²) in [6.07, 6.45) is 13.5. The topological polar surface area (TPSA) is 30.9 Å². The van der Waals surface area contributed by atoms with E-state index in [2.05, 4.69) is 322 Å². The van der Waals surface area contributed by atoms with Gasteiger partial charge in [-0.15, -0.1) is 0 Å². The minimum Gasteiger partial charge on any atom is -0.333 e. The Balaban J connectivity index is 0.785. The first kappa shape index (κ1) is 48.0. The first-order chi connectivity index (χ1) is 41.6. The molecule has 4 heterocycles. The maximum absolute atomic E-state index is 5.21. The summed E-state index contributed by atoms with van der Waals surface area (Å²) in [7, 11) is 0. The van der Waals surface area contributed by atoms with E-state index >= 15 is 0 Å². The summed E-state index contributed by atoms with van der Waals surface area (Å²) < 4.78 is 7.18. The second-order valence-electron chi connectivity index (χ2n) is 22.6. The Kier molecular flexibility index (Phi) is 11.1. The summed E-state index contributed by atoms with van der Waals surface area (Å²) in [5.74, 6) is 1.23. The van der Waals surface area contributed by atoms with E-state index in [0.717, 1.165) is 45.9 Å². The van der Waals surface area contributed by atoms with Crippen LogP contribution < -0.4 is 15.5 Å². The Morgan fingerprint density at radius 2 is 0.881 bits per heavy atom. The molecule has 0 fully saturated rings. The molecule has 2 aliphatic carbocycles. The van der Waals surface area contributed by atoms with Crippen molar-refractivity contribution in [3.05, 3.63) is 313 Å². The zero-order valence-electron chi connectivity index (χ0n) is 46.0. The van der Waals surface area contributed by atoms with Crippen LogP contribution in [0.25, 0.3) is 118 Å². The summed E-state index contributed by atoms with van der Waals surface area (Å²) in [4.78, 5) is 7.82. The molecule has 84 heavy (non-hydrogen) atoms. The average Bonchev–Trinajstić information content (AvgIpc) is 2.54. The number of fused-ring (bicyclic) bond motifs is 10. The number of rotatable bonds is 9. The third-order valence-corrected chi connectivity index (χ3v) is 17.9. The van der Waals surface area contributed by atoms with Crippen molar-refractivity contribution in [3.63, 3.8) is 0 Å². The molecule has 0 N–H and O–H groups in total. The monoisotopic (exact) mass is 1070 g/mol. The molecule has 14 aromatic rings. The van der Waals surface area contributed by atoms with Crippen LogP contribution in [-0.4, -0.2) is 24.7 Å². The van der Waals surface area contributed by atoms with E-state index in [0.29, 0.717) is 0 Å². The van der Waals surface area contributed by atoms with Crippen molar-refractivity contribution in [3.8, 4) is 61.8 Å². The number of hydrogen-bond acceptors (Lipinski definition) is 2. The maximum Gasteiger partial charge on any atom is 0.145 e. The minimum absolute atomic E-state index is 0.0835. The predicted molar refractivity (Wildman–Crippen MR) is 349 cm³/mol. The maximum atomic E-state index is 5.21. The first-order valence-corrected chi connectivity index (χ1v) is 29.3. The molecule has 0 radical (unpaired) electrons. The SMILES string of the molecule is C1=CC2C(C=C1C1C=c3c(n(-c4ccc(-c5nc6ccccc6n5-c5ccccc5)cc4)c4ccc(-c5ccccc5)cc34)=CC1)c1cc(-c3ccccc3)ccc1N2c1ccc2c(c1)c1cc(-c3ccccc3)ccc1n2-c1ccccc1. The van der Waals surface area contributed by atoms with Crippen molar-refractivity contribution < 1.29 is 0 Å². The van der Waals surface area contributed by atoms with E-state index in [1.165, 1.54) is 99.2 Å². The molecule has 11 aromatic carbocycles. The molecular formula is C79H55N5. The van der Waals surface area contributed by atoms with Gasteiger partial charge in [0, 0.05) is 72.6 Å². The third-order valence-electron chi connectivity index (χ3n) is 17.9. The molecule has 3 atom stereocenters. The molecule has 0 spiro atoms. The molecule has 1 aliphatic heterocycles. The quantitative estimate of drug-likeness (QED) is 0.144. The summed E-state index contributed by atoms with van der Waals surface area (Å²) in [6, 6.07) is 99.6. The molecule has 0 amide bonds. The molecule has 0 saturated heterocycles. The molecule has 5 nitrogen and oxygen atoms in total. The molecule has 5 heteroatoms. The van der Waals surface area contributed by atoms with Gasteiger partial charge in [0.2, 0.25) is 0 Å². The van der Waals surface area contributed by atoms with Crippen LogP contribution in [-0.2, 0) is 0 Å². The first-order valence-electron chi connectivity index (χ1n) is 29.3. The smallest absolute Gasteiger partial charge is 0.145 e. The number of allylic oxidation sites excluding steroid dienone is 2. The van der Waals surface area contributed by atoms with Crippen molar-refractivity contribution in [2.75, 3.05) is 4.90 Å². The molecule has 17 rings (SSSR count). The van der Waals surface area contributed by atoms with Crippen LogP contribution >= 0.6 is 0 Å². The van der Waals surface area contributed by atoms with Gasteiger partial charge in [-0.1, -0.05) is 188 Å². The summed E-state index contributed by atoms with van der Waals surface area (Å²) in [5.41, 5.74) is 22.6. The third kappa shape index (κ3) is 7.81. The molecule has 3 aromatic heterocycles. The highest BCUT2D eigenvalue weighted by atomic mass is 15.2. The van der Waals surface area contributed by atoms with E-state index in [-0.39, 0.29) is 17.9 Å². The highest BCUT2D eigenvalue weighted by Crippen LogP contribution is 2.51. The number of imidazole rings is 1. The van der Waals surface area contributed by atoms with Gasteiger partial charge >= 0.3 is 0 Å².